The van der Waals surface area contributed by atoms with Crippen molar-refractivity contribution in [2.24, 2.45) is 0 Å². The van der Waals surface area contributed by atoms with Gasteiger partial charge in [-0.1, -0.05) is 0 Å². The highest BCUT2D eigenvalue weighted by Gasteiger charge is 2.18. The quantitative estimate of drug-likeness (QED) is 0.743. The molecule has 0 aromatic carbocycles. The fourth-order valence-corrected chi connectivity index (χ4v) is 1.09. The molecule has 0 aliphatic heterocycles. The zero-order valence-electron chi connectivity index (χ0n) is 7.17. The number of carbonyl (C=O) groups is 2. The third-order valence-electron chi connectivity index (χ3n) is 1.71. The van der Waals surface area contributed by atoms with Crippen molar-refractivity contribution in [1.29, 1.82) is 0 Å². The van der Waals surface area contributed by atoms with Crippen molar-refractivity contribution in [1.82, 2.24) is 9.97 Å². The monoisotopic (exact) mass is 208 g/mol. The molecule has 0 atom stereocenters. The van der Waals surface area contributed by atoms with Crippen LogP contribution in [0.25, 0.3) is 11.2 Å². The first-order chi connectivity index (χ1) is 7.09. The summed E-state index contributed by atoms with van der Waals surface area (Å²) < 4.78 is 4.77. The number of carboxylic acids is 2. The molecule has 0 aliphatic carbocycles. The minimum atomic E-state index is -1.37. The number of rotatable bonds is 2. The molecular weight excluding hydrogens is 204 g/mol. The van der Waals surface area contributed by atoms with Gasteiger partial charge in [-0.2, -0.15) is 4.98 Å². The number of hydrogen-bond donors (Lipinski definition) is 2. The van der Waals surface area contributed by atoms with Crippen LogP contribution in [0.15, 0.2) is 16.7 Å². The molecule has 0 saturated heterocycles. The summed E-state index contributed by atoms with van der Waals surface area (Å²) >= 11 is 0. The van der Waals surface area contributed by atoms with Crippen molar-refractivity contribution >= 4 is 23.2 Å². The second kappa shape index (κ2) is 3.05. The van der Waals surface area contributed by atoms with Crippen LogP contribution < -0.4 is 0 Å². The van der Waals surface area contributed by atoms with Crippen molar-refractivity contribution in [3.63, 3.8) is 0 Å². The first-order valence-electron chi connectivity index (χ1n) is 3.81. The maximum absolute atomic E-state index is 10.7. The first kappa shape index (κ1) is 9.13. The highest BCUT2D eigenvalue weighted by molar-refractivity contribution is 5.99. The molecule has 2 rings (SSSR count). The number of nitrogens with zero attached hydrogens (tertiary/aromatic N) is 2. The van der Waals surface area contributed by atoms with E-state index in [-0.39, 0.29) is 16.8 Å². The molecule has 2 aromatic rings. The molecule has 76 valence electrons. The van der Waals surface area contributed by atoms with Crippen molar-refractivity contribution in [2.75, 3.05) is 0 Å². The standard InChI is InChI=1S/C8H4N2O5/c11-7(12)3-1-2-9-5-4(3)15-6(10-5)8(13)14/h1-2H,(H,11,12)(H,13,14). The molecule has 0 unspecified atom stereocenters. The van der Waals surface area contributed by atoms with Crippen LogP contribution in [0.4, 0.5) is 0 Å². The lowest BCUT2D eigenvalue weighted by Gasteiger charge is -1.91. The Balaban J connectivity index is 2.75. The molecule has 0 amide bonds. The average molecular weight is 208 g/mol. The zero-order valence-corrected chi connectivity index (χ0v) is 7.17. The summed E-state index contributed by atoms with van der Waals surface area (Å²) in [6.07, 6.45) is 1.22. The molecule has 0 bridgehead atoms. The molecule has 2 aromatic heterocycles. The fourth-order valence-electron chi connectivity index (χ4n) is 1.09. The molecule has 0 saturated carbocycles. The summed E-state index contributed by atoms with van der Waals surface area (Å²) in [5.41, 5.74) is -0.338. The Morgan fingerprint density at radius 2 is 2.00 bits per heavy atom. The first-order valence-corrected chi connectivity index (χ1v) is 3.81. The predicted molar refractivity (Wildman–Crippen MR) is 45.7 cm³/mol. The maximum Gasteiger partial charge on any atom is 0.392 e. The van der Waals surface area contributed by atoms with Gasteiger partial charge in [-0.15, -0.1) is 0 Å². The molecule has 2 N–H and O–H groups in total. The zero-order chi connectivity index (χ0) is 11.0. The van der Waals surface area contributed by atoms with Crippen LogP contribution in [-0.4, -0.2) is 32.1 Å². The number of carboxylic acid groups (broad SMARTS) is 2. The second-order valence-corrected chi connectivity index (χ2v) is 2.64. The van der Waals surface area contributed by atoms with E-state index >= 15 is 0 Å². The van der Waals surface area contributed by atoms with Gasteiger partial charge in [0.1, 0.15) is 5.56 Å². The molecule has 7 heteroatoms. The van der Waals surface area contributed by atoms with Crippen LogP contribution in [0.1, 0.15) is 21.0 Å². The lowest BCUT2D eigenvalue weighted by molar-refractivity contribution is 0.0649. The van der Waals surface area contributed by atoms with Crippen LogP contribution in [-0.2, 0) is 0 Å². The van der Waals surface area contributed by atoms with Crippen molar-refractivity contribution in [3.8, 4) is 0 Å². The predicted octanol–water partition coefficient (Wildman–Crippen LogP) is 0.619. The van der Waals surface area contributed by atoms with Gasteiger partial charge >= 0.3 is 17.8 Å². The Hall–Kier alpha value is -2.44. The van der Waals surface area contributed by atoms with E-state index in [1.165, 1.54) is 12.3 Å². The summed E-state index contributed by atoms with van der Waals surface area (Å²) in [6, 6.07) is 1.21. The summed E-state index contributed by atoms with van der Waals surface area (Å²) in [5, 5.41) is 17.4. The Morgan fingerprint density at radius 1 is 1.27 bits per heavy atom. The van der Waals surface area contributed by atoms with E-state index in [1.807, 2.05) is 0 Å². The third-order valence-corrected chi connectivity index (χ3v) is 1.71. The van der Waals surface area contributed by atoms with E-state index in [0.717, 1.165) is 0 Å². The van der Waals surface area contributed by atoms with Crippen molar-refractivity contribution < 1.29 is 24.2 Å². The van der Waals surface area contributed by atoms with E-state index in [9.17, 15) is 9.59 Å². The van der Waals surface area contributed by atoms with E-state index < -0.39 is 17.8 Å². The minimum Gasteiger partial charge on any atom is -0.478 e. The highest BCUT2D eigenvalue weighted by atomic mass is 16.4. The van der Waals surface area contributed by atoms with E-state index in [1.54, 1.807) is 0 Å². The highest BCUT2D eigenvalue weighted by Crippen LogP contribution is 2.17. The Morgan fingerprint density at radius 3 is 2.60 bits per heavy atom. The van der Waals surface area contributed by atoms with E-state index in [0.29, 0.717) is 0 Å². The smallest absolute Gasteiger partial charge is 0.392 e. The third kappa shape index (κ3) is 1.39. The molecule has 0 radical (unpaired) electrons. The Kier molecular flexibility index (Phi) is 1.86. The van der Waals surface area contributed by atoms with Gasteiger partial charge < -0.3 is 14.6 Å². The largest absolute Gasteiger partial charge is 0.478 e. The van der Waals surface area contributed by atoms with E-state index in [2.05, 4.69) is 9.97 Å². The number of aromatic nitrogens is 2. The van der Waals surface area contributed by atoms with Gasteiger partial charge in [-0.25, -0.2) is 14.6 Å². The number of fused-ring (bicyclic) bond motifs is 1. The topological polar surface area (TPSA) is 114 Å². The molecular formula is C8H4N2O5. The van der Waals surface area contributed by atoms with Crippen LogP contribution in [0.5, 0.6) is 0 Å². The summed E-state index contributed by atoms with van der Waals surface area (Å²) in [4.78, 5) is 28.5. The Labute approximate surface area is 82.0 Å². The second-order valence-electron chi connectivity index (χ2n) is 2.64. The van der Waals surface area contributed by atoms with Gasteiger partial charge in [-0.3, -0.25) is 0 Å². The molecule has 7 nitrogen and oxygen atoms in total. The van der Waals surface area contributed by atoms with Crippen molar-refractivity contribution in [3.05, 3.63) is 23.7 Å². The molecule has 15 heavy (non-hydrogen) atoms. The van der Waals surface area contributed by atoms with Crippen LogP contribution in [0, 0.1) is 0 Å². The van der Waals surface area contributed by atoms with Gasteiger partial charge in [0.05, 0.1) is 0 Å². The summed E-state index contributed by atoms with van der Waals surface area (Å²) in [5.74, 6) is -3.17. The fraction of sp³-hybridized carbons (Fsp3) is 0. The molecule has 0 fully saturated rings. The normalized spacial score (nSPS) is 10.4. The van der Waals surface area contributed by atoms with Crippen LogP contribution in [0.3, 0.4) is 0 Å². The SMILES string of the molecule is O=C(O)c1nc2nccc(C(=O)O)c2o1. The van der Waals surface area contributed by atoms with E-state index in [4.69, 9.17) is 14.6 Å². The van der Waals surface area contributed by atoms with Crippen molar-refractivity contribution in [2.45, 2.75) is 0 Å². The number of oxazole rings is 1. The molecule has 0 spiro atoms. The van der Waals surface area contributed by atoms with Gasteiger partial charge in [0.25, 0.3) is 0 Å². The minimum absolute atomic E-state index is 0.0349. The lowest BCUT2D eigenvalue weighted by Crippen LogP contribution is -1.96. The van der Waals surface area contributed by atoms with Gasteiger partial charge in [-0.05, 0) is 6.07 Å². The number of hydrogen-bond acceptors (Lipinski definition) is 5. The van der Waals surface area contributed by atoms with Crippen LogP contribution in [0.2, 0.25) is 0 Å². The van der Waals surface area contributed by atoms with Gasteiger partial charge in [0.15, 0.2) is 11.2 Å². The van der Waals surface area contributed by atoms with Crippen LogP contribution >= 0.6 is 0 Å². The molecule has 0 aliphatic rings. The van der Waals surface area contributed by atoms with Gasteiger partial charge in [0, 0.05) is 6.20 Å². The summed E-state index contributed by atoms with van der Waals surface area (Å²) in [7, 11) is 0. The molecule has 2 heterocycles. The maximum atomic E-state index is 10.7. The average Bonchev–Trinajstić information content (AvgIpc) is 2.60. The lowest BCUT2D eigenvalue weighted by atomic mass is 10.2. The number of pyridine rings is 1. The number of aromatic carboxylic acids is 2. The summed E-state index contributed by atoms with van der Waals surface area (Å²) in [6.45, 7) is 0. The Bertz CT molecular complexity index is 559. The van der Waals surface area contributed by atoms with Gasteiger partial charge in [0.2, 0.25) is 0 Å².